The number of fused-ring (bicyclic) bond motifs is 3. The van der Waals surface area contributed by atoms with Crippen molar-refractivity contribution in [3.05, 3.63) is 132 Å². The predicted octanol–water partition coefficient (Wildman–Crippen LogP) is 13.4. The topological polar surface area (TPSA) is 44.2 Å². The molecule has 5 aromatic carbocycles. The van der Waals surface area contributed by atoms with Gasteiger partial charge < -0.3 is 9.47 Å². The van der Waals surface area contributed by atoms with Gasteiger partial charge in [-0.2, -0.15) is 0 Å². The van der Waals surface area contributed by atoms with Gasteiger partial charge in [0, 0.05) is 21.9 Å². The van der Waals surface area contributed by atoms with Crippen molar-refractivity contribution < 1.29 is 24.6 Å². The van der Waals surface area contributed by atoms with E-state index in [1.54, 1.807) is 14.2 Å². The fourth-order valence-electron chi connectivity index (χ4n) is 6.71. The maximum absolute atomic E-state index is 5.96. The maximum atomic E-state index is 5.96. The second-order valence-electron chi connectivity index (χ2n) is 15.1. The first kappa shape index (κ1) is 38.4. The van der Waals surface area contributed by atoms with Gasteiger partial charge in [0.25, 0.3) is 0 Å². The average molecular weight is 793 g/mol. The number of rotatable bonds is 6. The van der Waals surface area contributed by atoms with Crippen LogP contribution in [0.2, 0.25) is 0 Å². The van der Waals surface area contributed by atoms with E-state index in [0.29, 0.717) is 0 Å². The summed E-state index contributed by atoms with van der Waals surface area (Å²) in [6.45, 7) is 13.4. The molecule has 53 heavy (non-hydrogen) atoms. The summed E-state index contributed by atoms with van der Waals surface area (Å²) in [7, 11) is 13.4. The number of nitrogens with zero attached hydrogens (tertiary/aromatic N) is 2. The van der Waals surface area contributed by atoms with Crippen molar-refractivity contribution in [2.24, 2.45) is 0 Å². The molecule has 2 aromatic heterocycles. The molecule has 0 saturated carbocycles. The summed E-state index contributed by atoms with van der Waals surface area (Å²) in [5.41, 5.74) is 12.0. The fraction of sp³-hybridized carbons (Fsp3) is 0.217. The van der Waals surface area contributed by atoms with Crippen LogP contribution < -0.4 is 9.47 Å². The number of pyridine rings is 2. The van der Waals surface area contributed by atoms with E-state index in [1.165, 1.54) is 11.1 Å². The van der Waals surface area contributed by atoms with Crippen molar-refractivity contribution in [1.82, 2.24) is 9.97 Å². The molecule has 0 amide bonds. The molecule has 0 aliphatic carbocycles. The Morgan fingerprint density at radius 2 is 0.830 bits per heavy atom. The summed E-state index contributed by atoms with van der Waals surface area (Å²) < 4.78 is 11.9. The SMILES string of the molecule is COc1ccc(C(C)(C)C)cc1-c1cc(-c2ccccc2)c2ccc3c(-c4ccccc4)cc(-c4cc(C(C)(C)C)ccc4OC)nc3c2n1.[Cl][Zn][Cl]. The summed E-state index contributed by atoms with van der Waals surface area (Å²) >= 11 is -0.931. The molecule has 0 N–H and O–H groups in total. The standard InChI is InChI=1S/C46H44N2O2.2ClH.Zn/c1-45(2,3)31-19-23-41(49-7)37(25-31)39-27-35(29-15-11-9-12-16-29)33-21-22-34-36(30-17-13-10-14-18-30)28-40(48-44(34)43(33)47-39)38-26-32(46(4,5)6)20-24-42(38)50-8;;;/h9-28H,1-8H3;2*1H;/q;;;+2/p-2. The Balaban J connectivity index is 0.00000155. The molecule has 0 bridgehead atoms. The van der Waals surface area contributed by atoms with Crippen LogP contribution in [0.5, 0.6) is 11.5 Å². The summed E-state index contributed by atoms with van der Waals surface area (Å²) in [6.07, 6.45) is 0. The molecular weight excluding hydrogens is 749 g/mol. The van der Waals surface area contributed by atoms with Crippen molar-refractivity contribution in [2.75, 3.05) is 14.2 Å². The number of ether oxygens (including phenoxy) is 2. The van der Waals surface area contributed by atoms with Gasteiger partial charge in [-0.15, -0.1) is 0 Å². The summed E-state index contributed by atoms with van der Waals surface area (Å²) in [6, 6.07) is 42.8. The Morgan fingerprint density at radius 3 is 1.15 bits per heavy atom. The van der Waals surface area contributed by atoms with E-state index in [4.69, 9.17) is 38.8 Å². The number of hydrogen-bond donors (Lipinski definition) is 0. The third kappa shape index (κ3) is 8.14. The third-order valence-electron chi connectivity index (χ3n) is 9.61. The Kier molecular flexibility index (Phi) is 11.6. The van der Waals surface area contributed by atoms with Crippen molar-refractivity contribution in [1.29, 1.82) is 0 Å². The predicted molar refractivity (Wildman–Crippen MR) is 221 cm³/mol. The normalized spacial score (nSPS) is 11.5. The second kappa shape index (κ2) is 16.0. The minimum absolute atomic E-state index is 0.0471. The van der Waals surface area contributed by atoms with Gasteiger partial charge in [-0.3, -0.25) is 0 Å². The summed E-state index contributed by atoms with van der Waals surface area (Å²) in [5, 5.41) is 2.08. The molecule has 7 aromatic rings. The Bertz CT molecular complexity index is 2220. The van der Waals surface area contributed by atoms with E-state index in [0.717, 1.165) is 78.1 Å². The van der Waals surface area contributed by atoms with Gasteiger partial charge in [-0.1, -0.05) is 126 Å². The van der Waals surface area contributed by atoms with Crippen LogP contribution in [0.1, 0.15) is 52.7 Å². The summed E-state index contributed by atoms with van der Waals surface area (Å²) in [4.78, 5) is 11.0. The van der Waals surface area contributed by atoms with E-state index in [1.807, 2.05) is 0 Å². The molecule has 0 unspecified atom stereocenters. The number of hydrogen-bond acceptors (Lipinski definition) is 4. The molecule has 266 valence electrons. The molecule has 7 heteroatoms. The molecular formula is C46H44Cl2N2O2Zn. The van der Waals surface area contributed by atoms with Crippen LogP contribution >= 0.6 is 19.4 Å². The number of halogens is 2. The second-order valence-corrected chi connectivity index (χ2v) is 19.8. The minimum atomic E-state index is -0.931. The third-order valence-corrected chi connectivity index (χ3v) is 9.61. The van der Waals surface area contributed by atoms with Gasteiger partial charge in [-0.25, -0.2) is 9.97 Å². The van der Waals surface area contributed by atoms with E-state index < -0.39 is 15.1 Å². The van der Waals surface area contributed by atoms with Gasteiger partial charge in [-0.05, 0) is 80.6 Å². The fourth-order valence-corrected chi connectivity index (χ4v) is 6.71. The van der Waals surface area contributed by atoms with Gasteiger partial charge in [0.05, 0.1) is 36.6 Å². The molecule has 0 atom stereocenters. The van der Waals surface area contributed by atoms with Gasteiger partial charge >= 0.3 is 34.5 Å². The molecule has 0 aliphatic rings. The molecule has 7 rings (SSSR count). The number of methoxy groups -OCH3 is 2. The molecule has 2 heterocycles. The Labute approximate surface area is 329 Å². The quantitative estimate of drug-likeness (QED) is 0.124. The first-order chi connectivity index (χ1) is 25.4. The zero-order valence-corrected chi connectivity index (χ0v) is 36.2. The van der Waals surface area contributed by atoms with Crippen LogP contribution in [0.3, 0.4) is 0 Å². The van der Waals surface area contributed by atoms with Crippen LogP contribution in [0.15, 0.2) is 121 Å². The molecule has 4 nitrogen and oxygen atoms in total. The van der Waals surface area contributed by atoms with Gasteiger partial charge in [0.15, 0.2) is 0 Å². The van der Waals surface area contributed by atoms with E-state index in [2.05, 4.69) is 163 Å². The van der Waals surface area contributed by atoms with E-state index in [-0.39, 0.29) is 10.8 Å². The van der Waals surface area contributed by atoms with Crippen LogP contribution in [0.4, 0.5) is 0 Å². The van der Waals surface area contributed by atoms with Crippen LogP contribution in [-0.4, -0.2) is 24.2 Å². The van der Waals surface area contributed by atoms with Gasteiger partial charge in [0.2, 0.25) is 0 Å². The van der Waals surface area contributed by atoms with Crippen molar-refractivity contribution >= 4 is 41.2 Å². The van der Waals surface area contributed by atoms with Crippen molar-refractivity contribution in [3.8, 4) is 56.3 Å². The molecule has 0 spiro atoms. The molecule has 0 fully saturated rings. The Hall–Kier alpha value is -4.28. The molecule has 0 radical (unpaired) electrons. The Morgan fingerprint density at radius 1 is 0.472 bits per heavy atom. The van der Waals surface area contributed by atoms with E-state index >= 15 is 0 Å². The van der Waals surface area contributed by atoms with Crippen LogP contribution in [0.25, 0.3) is 66.6 Å². The zero-order valence-electron chi connectivity index (χ0n) is 31.7. The van der Waals surface area contributed by atoms with Gasteiger partial charge in [0.1, 0.15) is 11.5 Å². The molecule has 0 aliphatic heterocycles. The number of benzene rings is 5. The van der Waals surface area contributed by atoms with Crippen molar-refractivity contribution in [3.63, 3.8) is 0 Å². The number of aromatic nitrogens is 2. The first-order valence-electron chi connectivity index (χ1n) is 17.8. The van der Waals surface area contributed by atoms with Crippen molar-refractivity contribution in [2.45, 2.75) is 52.4 Å². The van der Waals surface area contributed by atoms with Crippen LogP contribution in [-0.2, 0) is 26.0 Å². The van der Waals surface area contributed by atoms with Crippen LogP contribution in [0, 0.1) is 0 Å². The summed E-state index contributed by atoms with van der Waals surface area (Å²) in [5.74, 6) is 1.57. The zero-order chi connectivity index (χ0) is 37.9. The van der Waals surface area contributed by atoms with E-state index in [9.17, 15) is 0 Å². The average Bonchev–Trinajstić information content (AvgIpc) is 3.16. The monoisotopic (exact) mass is 790 g/mol. The first-order valence-corrected chi connectivity index (χ1v) is 25.6. The molecule has 0 saturated heterocycles.